The summed E-state index contributed by atoms with van der Waals surface area (Å²) in [5.74, 6) is 0.142. The van der Waals surface area contributed by atoms with Gasteiger partial charge in [0.15, 0.2) is 0 Å². The summed E-state index contributed by atoms with van der Waals surface area (Å²) in [6, 6.07) is 26.8. The first kappa shape index (κ1) is 37.1. The molecule has 0 radical (unpaired) electrons. The number of fused-ring (bicyclic) bond motifs is 1. The Morgan fingerprint density at radius 2 is 1.68 bits per heavy atom. The Morgan fingerprint density at radius 3 is 2.42 bits per heavy atom. The van der Waals surface area contributed by atoms with Gasteiger partial charge in [0, 0.05) is 43.1 Å². The third-order valence-electron chi connectivity index (χ3n) is 8.95. The Morgan fingerprint density at radius 1 is 0.906 bits per heavy atom. The van der Waals surface area contributed by atoms with Crippen LogP contribution in [0.2, 0.25) is 0 Å². The molecule has 5 aromatic rings. The van der Waals surface area contributed by atoms with E-state index < -0.39 is 23.6 Å². The molecule has 4 aromatic carbocycles. The molecule has 11 nitrogen and oxygen atoms in total. The molecule has 53 heavy (non-hydrogen) atoms. The zero-order valence-corrected chi connectivity index (χ0v) is 31.1. The fraction of sp³-hybridized carbons (Fsp3) is 0.333. The summed E-state index contributed by atoms with van der Waals surface area (Å²) >= 11 is 0. The van der Waals surface area contributed by atoms with Crippen LogP contribution in [0.1, 0.15) is 54.1 Å². The van der Waals surface area contributed by atoms with Crippen molar-refractivity contribution in [3.63, 3.8) is 0 Å². The molecule has 1 aliphatic heterocycles. The molecule has 0 saturated carbocycles. The van der Waals surface area contributed by atoms with Crippen molar-refractivity contribution in [3.05, 3.63) is 108 Å². The van der Waals surface area contributed by atoms with Crippen molar-refractivity contribution in [3.8, 4) is 22.8 Å². The lowest BCUT2D eigenvalue weighted by molar-refractivity contribution is -0.160. The molecule has 1 saturated heterocycles. The van der Waals surface area contributed by atoms with Crippen molar-refractivity contribution in [1.82, 2.24) is 14.5 Å². The number of aryl methyl sites for hydroxylation is 1. The van der Waals surface area contributed by atoms with Crippen LogP contribution >= 0.6 is 0 Å². The average Bonchev–Trinajstić information content (AvgIpc) is 3.59. The maximum Gasteiger partial charge on any atom is 0.338 e. The van der Waals surface area contributed by atoms with E-state index >= 15 is 0 Å². The van der Waals surface area contributed by atoms with Crippen molar-refractivity contribution in [2.75, 3.05) is 51.5 Å². The van der Waals surface area contributed by atoms with Gasteiger partial charge in [0.1, 0.15) is 29.5 Å². The molecule has 11 heteroatoms. The topological polar surface area (TPSA) is 112 Å². The summed E-state index contributed by atoms with van der Waals surface area (Å²) in [4.78, 5) is 48.8. The first-order valence-corrected chi connectivity index (χ1v) is 17.8. The second-order valence-electron chi connectivity index (χ2n) is 14.0. The summed E-state index contributed by atoms with van der Waals surface area (Å²) in [6.07, 6.45) is 1.76. The predicted octanol–water partition coefficient (Wildman–Crippen LogP) is 6.88. The Labute approximate surface area is 310 Å². The Balaban J connectivity index is 1.34. The van der Waals surface area contributed by atoms with Crippen molar-refractivity contribution in [1.29, 1.82) is 0 Å². The highest BCUT2D eigenvalue weighted by molar-refractivity contribution is 6.06. The molecule has 2 heterocycles. The molecule has 0 N–H and O–H groups in total. The number of hydrogen-bond donors (Lipinski definition) is 0. The van der Waals surface area contributed by atoms with Crippen LogP contribution in [0, 0.1) is 6.92 Å². The zero-order chi connectivity index (χ0) is 37.7. The number of amides is 1. The third kappa shape index (κ3) is 8.69. The van der Waals surface area contributed by atoms with Crippen molar-refractivity contribution < 1.29 is 33.3 Å². The molecule has 276 valence electrons. The molecule has 0 spiro atoms. The SMILES string of the molecule is CCOc1cccc(-n2cc(C(=O)N3CCN(c4cc(C(=O)OC)c5ccccc5c4)C[C@@H]3COCC(=O)OC(C)(C)C)nc2-c2ccc(C)cc2)c1. The van der Waals surface area contributed by atoms with E-state index in [1.807, 2.05) is 103 Å². The normalized spacial score (nSPS) is 14.6. The number of imidazole rings is 1. The molecule has 1 aromatic heterocycles. The van der Waals surface area contributed by atoms with Gasteiger partial charge < -0.3 is 28.7 Å². The van der Waals surface area contributed by atoms with Gasteiger partial charge >= 0.3 is 11.9 Å². The maximum absolute atomic E-state index is 14.5. The number of methoxy groups -OCH3 is 1. The molecule has 0 unspecified atom stereocenters. The number of ether oxygens (including phenoxy) is 4. The lowest BCUT2D eigenvalue weighted by atomic mass is 10.0. The van der Waals surface area contributed by atoms with Gasteiger partial charge in [-0.1, -0.05) is 60.2 Å². The highest BCUT2D eigenvalue weighted by Crippen LogP contribution is 2.31. The van der Waals surface area contributed by atoms with E-state index in [0.29, 0.717) is 43.4 Å². The molecular formula is C42H46N4O7. The standard InChI is InChI=1S/C42H46N4O7/c1-7-52-34-13-10-12-31(22-34)46-25-37(43-39(46)29-17-15-28(2)16-18-29)40(48)45-20-19-44(24-33(45)26-51-27-38(47)53-42(3,4)5)32-21-30-11-8-9-14-35(30)36(23-32)41(49)50-6/h8-18,21-23,25,33H,7,19-20,24,26-27H2,1-6H3/t33-/m1/s1. The number of esters is 2. The van der Waals surface area contributed by atoms with Crippen LogP contribution in [0.25, 0.3) is 27.8 Å². The molecule has 1 atom stereocenters. The van der Waals surface area contributed by atoms with Gasteiger partial charge in [0.25, 0.3) is 5.91 Å². The number of hydrogen-bond acceptors (Lipinski definition) is 9. The summed E-state index contributed by atoms with van der Waals surface area (Å²) in [7, 11) is 1.37. The fourth-order valence-electron chi connectivity index (χ4n) is 6.53. The van der Waals surface area contributed by atoms with E-state index in [-0.39, 0.29) is 24.8 Å². The lowest BCUT2D eigenvalue weighted by Crippen LogP contribution is -2.57. The van der Waals surface area contributed by atoms with E-state index in [9.17, 15) is 14.4 Å². The second-order valence-corrected chi connectivity index (χ2v) is 14.0. The summed E-state index contributed by atoms with van der Waals surface area (Å²) in [5.41, 5.74) is 3.65. The monoisotopic (exact) mass is 718 g/mol. The molecule has 1 amide bonds. The number of anilines is 1. The van der Waals surface area contributed by atoms with Crippen molar-refractivity contribution in [2.45, 2.75) is 46.3 Å². The van der Waals surface area contributed by atoms with Gasteiger partial charge in [-0.15, -0.1) is 0 Å². The van der Waals surface area contributed by atoms with E-state index in [1.54, 1.807) is 31.9 Å². The largest absolute Gasteiger partial charge is 0.494 e. The first-order chi connectivity index (χ1) is 25.4. The van der Waals surface area contributed by atoms with Gasteiger partial charge in [-0.25, -0.2) is 14.6 Å². The number of rotatable bonds is 11. The molecule has 6 rings (SSSR count). The predicted molar refractivity (Wildman–Crippen MR) is 204 cm³/mol. The zero-order valence-electron chi connectivity index (χ0n) is 31.1. The number of carbonyl (C=O) groups is 3. The smallest absolute Gasteiger partial charge is 0.338 e. The molecule has 1 fully saturated rings. The first-order valence-electron chi connectivity index (χ1n) is 17.8. The quantitative estimate of drug-likeness (QED) is 0.135. The third-order valence-corrected chi connectivity index (χ3v) is 8.95. The molecule has 1 aliphatic rings. The highest BCUT2D eigenvalue weighted by Gasteiger charge is 2.34. The van der Waals surface area contributed by atoms with Gasteiger partial charge in [0.2, 0.25) is 0 Å². The summed E-state index contributed by atoms with van der Waals surface area (Å²) < 4.78 is 24.2. The lowest BCUT2D eigenvalue weighted by Gasteiger charge is -2.42. The van der Waals surface area contributed by atoms with E-state index in [0.717, 1.165) is 33.3 Å². The van der Waals surface area contributed by atoms with Gasteiger partial charge in [-0.2, -0.15) is 0 Å². The number of aromatic nitrogens is 2. The highest BCUT2D eigenvalue weighted by atomic mass is 16.6. The van der Waals surface area contributed by atoms with Crippen LogP contribution < -0.4 is 9.64 Å². The minimum Gasteiger partial charge on any atom is -0.494 e. The van der Waals surface area contributed by atoms with Crippen molar-refractivity contribution >= 4 is 34.3 Å². The van der Waals surface area contributed by atoms with Crippen molar-refractivity contribution in [2.24, 2.45) is 0 Å². The number of benzene rings is 4. The van der Waals surface area contributed by atoms with Crippen LogP contribution in [0.4, 0.5) is 5.69 Å². The summed E-state index contributed by atoms with van der Waals surface area (Å²) in [6.45, 7) is 10.9. The molecule has 0 bridgehead atoms. The van der Waals surface area contributed by atoms with Crippen LogP contribution in [0.5, 0.6) is 5.75 Å². The minimum absolute atomic E-state index is 0.0703. The van der Waals surface area contributed by atoms with Crippen LogP contribution in [-0.4, -0.2) is 90.5 Å². The average molecular weight is 719 g/mol. The molecule has 0 aliphatic carbocycles. The van der Waals surface area contributed by atoms with Crippen LogP contribution in [0.3, 0.4) is 0 Å². The van der Waals surface area contributed by atoms with Gasteiger partial charge in [-0.05, 0) is 69.7 Å². The number of nitrogens with zero attached hydrogens (tertiary/aromatic N) is 4. The Bertz CT molecular complexity index is 2100. The second kappa shape index (κ2) is 15.9. The van der Waals surface area contributed by atoms with E-state index in [1.165, 1.54) is 7.11 Å². The fourth-order valence-corrected chi connectivity index (χ4v) is 6.53. The van der Waals surface area contributed by atoms with E-state index in [4.69, 9.17) is 23.9 Å². The van der Waals surface area contributed by atoms with E-state index in [2.05, 4.69) is 4.90 Å². The number of carbonyl (C=O) groups excluding carboxylic acids is 3. The summed E-state index contributed by atoms with van der Waals surface area (Å²) in [5, 5.41) is 1.69. The molecular weight excluding hydrogens is 672 g/mol. The Hall–Kier alpha value is -5.68. The van der Waals surface area contributed by atoms with Crippen LogP contribution in [-0.2, 0) is 19.0 Å². The van der Waals surface area contributed by atoms with Crippen LogP contribution in [0.15, 0.2) is 91.1 Å². The Kier molecular flexibility index (Phi) is 11.1. The van der Waals surface area contributed by atoms with Gasteiger partial charge in [-0.3, -0.25) is 9.36 Å². The number of piperazine rings is 1. The maximum atomic E-state index is 14.5. The minimum atomic E-state index is -0.659. The van der Waals surface area contributed by atoms with Gasteiger partial charge in [0.05, 0.1) is 37.6 Å².